The Balaban J connectivity index is 2.36. The minimum Gasteiger partial charge on any atom is -0.388 e. The van der Waals surface area contributed by atoms with Gasteiger partial charge in [0.1, 0.15) is 11.6 Å². The Labute approximate surface area is 124 Å². The molecule has 2 rings (SSSR count). The largest absolute Gasteiger partial charge is 0.388 e. The Hall–Kier alpha value is -1.30. The van der Waals surface area contributed by atoms with E-state index in [-0.39, 0.29) is 12.1 Å². The second kappa shape index (κ2) is 6.43. The lowest BCUT2D eigenvalue weighted by Gasteiger charge is -2.23. The fourth-order valence-electron chi connectivity index (χ4n) is 2.15. The first-order valence-corrected chi connectivity index (χ1v) is 6.90. The summed E-state index contributed by atoms with van der Waals surface area (Å²) in [6.07, 6.45) is -0.961. The van der Waals surface area contributed by atoms with E-state index in [1.165, 1.54) is 6.07 Å². The second-order valence-electron chi connectivity index (χ2n) is 4.51. The first-order valence-electron chi connectivity index (χ1n) is 6.11. The standard InChI is InChI=1S/C15H14BrF2NO/c16-10-3-1-2-9(6-10)15(20)13(8-19)12-5-4-11(17)7-14(12)18/h1-7,13,15,20H,8,19H2. The van der Waals surface area contributed by atoms with Crippen LogP contribution < -0.4 is 5.73 Å². The molecule has 0 spiro atoms. The van der Waals surface area contributed by atoms with Crippen LogP contribution in [-0.2, 0) is 0 Å². The summed E-state index contributed by atoms with van der Waals surface area (Å²) in [6.45, 7) is 0.0518. The highest BCUT2D eigenvalue weighted by molar-refractivity contribution is 9.10. The Morgan fingerprint density at radius 3 is 2.50 bits per heavy atom. The van der Waals surface area contributed by atoms with Gasteiger partial charge in [0, 0.05) is 23.0 Å². The Morgan fingerprint density at radius 1 is 1.15 bits per heavy atom. The third-order valence-electron chi connectivity index (χ3n) is 3.19. The molecule has 2 aromatic rings. The molecule has 106 valence electrons. The number of aliphatic hydroxyl groups is 1. The molecule has 5 heteroatoms. The molecule has 0 aliphatic rings. The maximum absolute atomic E-state index is 13.8. The smallest absolute Gasteiger partial charge is 0.129 e. The highest BCUT2D eigenvalue weighted by atomic mass is 79.9. The van der Waals surface area contributed by atoms with Gasteiger partial charge < -0.3 is 10.8 Å². The van der Waals surface area contributed by atoms with Gasteiger partial charge in [-0.25, -0.2) is 8.78 Å². The summed E-state index contributed by atoms with van der Waals surface area (Å²) in [5.41, 5.74) is 6.49. The van der Waals surface area contributed by atoms with Gasteiger partial charge in [-0.1, -0.05) is 34.1 Å². The number of halogens is 3. The maximum atomic E-state index is 13.8. The third-order valence-corrected chi connectivity index (χ3v) is 3.68. The lowest BCUT2D eigenvalue weighted by molar-refractivity contribution is 0.145. The monoisotopic (exact) mass is 341 g/mol. The Kier molecular flexibility index (Phi) is 4.86. The quantitative estimate of drug-likeness (QED) is 0.893. The summed E-state index contributed by atoms with van der Waals surface area (Å²) in [6, 6.07) is 10.4. The predicted molar refractivity (Wildman–Crippen MR) is 77.3 cm³/mol. The molecule has 2 aromatic carbocycles. The van der Waals surface area contributed by atoms with Crippen molar-refractivity contribution in [1.29, 1.82) is 0 Å². The Morgan fingerprint density at radius 2 is 1.90 bits per heavy atom. The summed E-state index contributed by atoms with van der Waals surface area (Å²) in [4.78, 5) is 0. The van der Waals surface area contributed by atoms with Gasteiger partial charge in [-0.15, -0.1) is 0 Å². The van der Waals surface area contributed by atoms with E-state index in [4.69, 9.17) is 5.73 Å². The highest BCUT2D eigenvalue weighted by Crippen LogP contribution is 2.32. The van der Waals surface area contributed by atoms with Crippen molar-refractivity contribution in [1.82, 2.24) is 0 Å². The first-order chi connectivity index (χ1) is 9.52. The number of hydrogen-bond donors (Lipinski definition) is 2. The molecular weight excluding hydrogens is 328 g/mol. The zero-order valence-corrected chi connectivity index (χ0v) is 12.1. The fourth-order valence-corrected chi connectivity index (χ4v) is 2.57. The SMILES string of the molecule is NCC(c1ccc(F)cc1F)C(O)c1cccc(Br)c1. The lowest BCUT2D eigenvalue weighted by Crippen LogP contribution is -2.21. The van der Waals surface area contributed by atoms with Gasteiger partial charge in [0.2, 0.25) is 0 Å². The average molecular weight is 342 g/mol. The second-order valence-corrected chi connectivity index (χ2v) is 5.42. The molecule has 0 saturated carbocycles. The normalized spacial score (nSPS) is 14.1. The molecule has 20 heavy (non-hydrogen) atoms. The van der Waals surface area contributed by atoms with E-state index in [9.17, 15) is 13.9 Å². The summed E-state index contributed by atoms with van der Waals surface area (Å²) in [5.74, 6) is -1.99. The molecule has 0 saturated heterocycles. The molecule has 0 aliphatic heterocycles. The van der Waals surface area contributed by atoms with Gasteiger partial charge in [0.05, 0.1) is 6.10 Å². The van der Waals surface area contributed by atoms with Crippen molar-refractivity contribution in [2.75, 3.05) is 6.54 Å². The average Bonchev–Trinajstić information content (AvgIpc) is 2.41. The first kappa shape index (κ1) is 15.1. The van der Waals surface area contributed by atoms with E-state index >= 15 is 0 Å². The van der Waals surface area contributed by atoms with Crippen LogP contribution in [0.1, 0.15) is 23.1 Å². The number of nitrogens with two attached hydrogens (primary N) is 1. The molecule has 0 aromatic heterocycles. The van der Waals surface area contributed by atoms with E-state index in [1.54, 1.807) is 18.2 Å². The number of benzene rings is 2. The van der Waals surface area contributed by atoms with Crippen molar-refractivity contribution in [3.05, 3.63) is 69.7 Å². The molecule has 0 amide bonds. The lowest BCUT2D eigenvalue weighted by atomic mass is 9.89. The van der Waals surface area contributed by atoms with Crippen LogP contribution in [0.3, 0.4) is 0 Å². The van der Waals surface area contributed by atoms with Crippen LogP contribution in [0.25, 0.3) is 0 Å². The predicted octanol–water partition coefficient (Wildman–Crippen LogP) is 3.50. The van der Waals surface area contributed by atoms with Gasteiger partial charge in [-0.2, -0.15) is 0 Å². The van der Waals surface area contributed by atoms with Crippen LogP contribution in [0.2, 0.25) is 0 Å². The minimum absolute atomic E-state index is 0.0518. The van der Waals surface area contributed by atoms with Crippen molar-refractivity contribution < 1.29 is 13.9 Å². The Bertz CT molecular complexity index is 606. The maximum Gasteiger partial charge on any atom is 0.129 e. The van der Waals surface area contributed by atoms with Crippen LogP contribution in [0.5, 0.6) is 0 Å². The molecule has 2 nitrogen and oxygen atoms in total. The van der Waals surface area contributed by atoms with Crippen LogP contribution in [0, 0.1) is 11.6 Å². The number of aliphatic hydroxyl groups excluding tert-OH is 1. The van der Waals surface area contributed by atoms with Crippen molar-refractivity contribution >= 4 is 15.9 Å². The minimum atomic E-state index is -0.961. The summed E-state index contributed by atoms with van der Waals surface area (Å²) in [7, 11) is 0. The fraction of sp³-hybridized carbons (Fsp3) is 0.200. The third kappa shape index (κ3) is 3.23. The van der Waals surface area contributed by atoms with Gasteiger partial charge >= 0.3 is 0 Å². The van der Waals surface area contributed by atoms with Crippen LogP contribution in [0.15, 0.2) is 46.9 Å². The highest BCUT2D eigenvalue weighted by Gasteiger charge is 2.24. The van der Waals surface area contributed by atoms with Gasteiger partial charge in [0.25, 0.3) is 0 Å². The van der Waals surface area contributed by atoms with Crippen LogP contribution >= 0.6 is 15.9 Å². The molecule has 0 aliphatic carbocycles. The van der Waals surface area contributed by atoms with Crippen LogP contribution in [-0.4, -0.2) is 11.7 Å². The van der Waals surface area contributed by atoms with Crippen molar-refractivity contribution in [2.24, 2.45) is 5.73 Å². The van der Waals surface area contributed by atoms with Gasteiger partial charge in [0.15, 0.2) is 0 Å². The molecule has 0 radical (unpaired) electrons. The summed E-state index contributed by atoms with van der Waals surface area (Å²) in [5, 5.41) is 10.4. The summed E-state index contributed by atoms with van der Waals surface area (Å²) >= 11 is 3.32. The van der Waals surface area contributed by atoms with E-state index in [0.29, 0.717) is 5.56 Å². The van der Waals surface area contributed by atoms with Crippen molar-refractivity contribution in [3.63, 3.8) is 0 Å². The van der Waals surface area contributed by atoms with Crippen molar-refractivity contribution in [2.45, 2.75) is 12.0 Å². The molecule has 2 unspecified atom stereocenters. The van der Waals surface area contributed by atoms with E-state index in [0.717, 1.165) is 16.6 Å². The molecule has 2 atom stereocenters. The molecule has 3 N–H and O–H groups in total. The number of hydrogen-bond acceptors (Lipinski definition) is 2. The topological polar surface area (TPSA) is 46.2 Å². The van der Waals surface area contributed by atoms with E-state index in [1.807, 2.05) is 6.07 Å². The number of rotatable bonds is 4. The molecule has 0 heterocycles. The van der Waals surface area contributed by atoms with Gasteiger partial charge in [-0.05, 0) is 29.3 Å². The zero-order chi connectivity index (χ0) is 14.7. The molecule has 0 bridgehead atoms. The van der Waals surface area contributed by atoms with Crippen molar-refractivity contribution in [3.8, 4) is 0 Å². The van der Waals surface area contributed by atoms with Gasteiger partial charge in [-0.3, -0.25) is 0 Å². The van der Waals surface area contributed by atoms with E-state index < -0.39 is 23.7 Å². The zero-order valence-electron chi connectivity index (χ0n) is 10.6. The summed E-state index contributed by atoms with van der Waals surface area (Å²) < 4.78 is 27.6. The molecule has 0 fully saturated rings. The molecular formula is C15H14BrF2NO. The van der Waals surface area contributed by atoms with E-state index in [2.05, 4.69) is 15.9 Å². The van der Waals surface area contributed by atoms with Crippen LogP contribution in [0.4, 0.5) is 8.78 Å².